The highest BCUT2D eigenvalue weighted by atomic mass is 32.1. The summed E-state index contributed by atoms with van der Waals surface area (Å²) in [5.41, 5.74) is 1.70. The van der Waals surface area contributed by atoms with Gasteiger partial charge in [-0.05, 0) is 30.7 Å². The van der Waals surface area contributed by atoms with Crippen molar-refractivity contribution in [3.05, 3.63) is 65.0 Å². The molecule has 0 bridgehead atoms. The predicted octanol–water partition coefficient (Wildman–Crippen LogP) is 4.86. The number of thiophene rings is 1. The zero-order chi connectivity index (χ0) is 20.8. The molecular formula is C22H21NO5S. The molecular weight excluding hydrogens is 390 g/mol. The van der Waals surface area contributed by atoms with E-state index in [9.17, 15) is 9.59 Å². The molecule has 3 aromatic rings. The fourth-order valence-electron chi connectivity index (χ4n) is 2.71. The quantitative estimate of drug-likeness (QED) is 0.562. The molecule has 6 nitrogen and oxygen atoms in total. The molecule has 0 saturated carbocycles. The average Bonchev–Trinajstić information content (AvgIpc) is 3.18. The van der Waals surface area contributed by atoms with Gasteiger partial charge in [0.05, 0.1) is 26.5 Å². The van der Waals surface area contributed by atoms with Crippen LogP contribution in [-0.2, 0) is 4.74 Å². The number of esters is 1. The van der Waals surface area contributed by atoms with Gasteiger partial charge in [0.1, 0.15) is 16.4 Å². The maximum absolute atomic E-state index is 12.9. The fraction of sp³-hybridized carbons (Fsp3) is 0.182. The third kappa shape index (κ3) is 4.75. The van der Waals surface area contributed by atoms with Crippen molar-refractivity contribution < 1.29 is 23.8 Å². The number of amides is 1. The van der Waals surface area contributed by atoms with E-state index in [1.165, 1.54) is 25.6 Å². The molecule has 1 amide bonds. The Hall–Kier alpha value is -3.32. The third-order valence-electron chi connectivity index (χ3n) is 4.11. The van der Waals surface area contributed by atoms with Gasteiger partial charge in [-0.25, -0.2) is 4.79 Å². The summed E-state index contributed by atoms with van der Waals surface area (Å²) in [5.74, 6) is 0.134. The summed E-state index contributed by atoms with van der Waals surface area (Å²) in [6.07, 6.45) is 0. The lowest BCUT2D eigenvalue weighted by molar-refractivity contribution is 0.0533. The van der Waals surface area contributed by atoms with Crippen LogP contribution in [0.5, 0.6) is 11.5 Å². The highest BCUT2D eigenvalue weighted by Gasteiger charge is 2.21. The van der Waals surface area contributed by atoms with Gasteiger partial charge >= 0.3 is 5.97 Å². The van der Waals surface area contributed by atoms with E-state index < -0.39 is 5.97 Å². The lowest BCUT2D eigenvalue weighted by atomic mass is 10.1. The molecule has 1 N–H and O–H groups in total. The molecule has 0 unspecified atom stereocenters. The first-order valence-electron chi connectivity index (χ1n) is 8.96. The van der Waals surface area contributed by atoms with Crippen molar-refractivity contribution in [1.82, 2.24) is 0 Å². The van der Waals surface area contributed by atoms with Gasteiger partial charge in [-0.15, -0.1) is 11.3 Å². The highest BCUT2D eigenvalue weighted by molar-refractivity contribution is 7.18. The third-order valence-corrected chi connectivity index (χ3v) is 5.28. The molecule has 0 aliphatic carbocycles. The maximum atomic E-state index is 12.9. The van der Waals surface area contributed by atoms with E-state index in [2.05, 4.69) is 5.32 Å². The Morgan fingerprint density at radius 2 is 1.62 bits per heavy atom. The van der Waals surface area contributed by atoms with Crippen LogP contribution < -0.4 is 14.8 Å². The SMILES string of the molecule is CCOC(=O)c1sc(-c2ccccc2)cc1NC(=O)c1cc(OC)cc(OC)c1. The summed E-state index contributed by atoms with van der Waals surface area (Å²) in [4.78, 5) is 26.5. The van der Waals surface area contributed by atoms with Gasteiger partial charge in [-0.2, -0.15) is 0 Å². The number of nitrogens with one attached hydrogen (secondary N) is 1. The monoisotopic (exact) mass is 411 g/mol. The first kappa shape index (κ1) is 20.4. The molecule has 0 radical (unpaired) electrons. The molecule has 0 atom stereocenters. The number of anilines is 1. The Labute approximate surface area is 173 Å². The summed E-state index contributed by atoms with van der Waals surface area (Å²) < 4.78 is 15.6. The number of carbonyl (C=O) groups excluding carboxylic acids is 2. The molecule has 0 aliphatic heterocycles. The summed E-state index contributed by atoms with van der Waals surface area (Å²) in [6.45, 7) is 1.99. The van der Waals surface area contributed by atoms with Gasteiger partial charge in [0, 0.05) is 16.5 Å². The van der Waals surface area contributed by atoms with Gasteiger partial charge in [0.15, 0.2) is 0 Å². The molecule has 1 aromatic heterocycles. The molecule has 0 fully saturated rings. The Balaban J connectivity index is 1.96. The molecule has 1 heterocycles. The number of rotatable bonds is 7. The molecule has 2 aromatic carbocycles. The van der Waals surface area contributed by atoms with Gasteiger partial charge in [-0.1, -0.05) is 30.3 Å². The second-order valence-electron chi connectivity index (χ2n) is 6.00. The van der Waals surface area contributed by atoms with E-state index in [-0.39, 0.29) is 12.5 Å². The number of hydrogen-bond acceptors (Lipinski definition) is 6. The van der Waals surface area contributed by atoms with Crippen LogP contribution in [0.4, 0.5) is 5.69 Å². The first-order chi connectivity index (χ1) is 14.0. The van der Waals surface area contributed by atoms with Gasteiger partial charge in [0.25, 0.3) is 5.91 Å². The summed E-state index contributed by atoms with van der Waals surface area (Å²) in [7, 11) is 3.03. The molecule has 29 heavy (non-hydrogen) atoms. The van der Waals surface area contributed by atoms with E-state index >= 15 is 0 Å². The minimum atomic E-state index is -0.474. The van der Waals surface area contributed by atoms with Crippen LogP contribution in [0.2, 0.25) is 0 Å². The van der Waals surface area contributed by atoms with E-state index in [0.29, 0.717) is 27.6 Å². The summed E-state index contributed by atoms with van der Waals surface area (Å²) in [6, 6.07) is 16.3. The number of methoxy groups -OCH3 is 2. The lowest BCUT2D eigenvalue weighted by Gasteiger charge is -2.09. The van der Waals surface area contributed by atoms with Crippen molar-refractivity contribution in [2.75, 3.05) is 26.1 Å². The minimum Gasteiger partial charge on any atom is -0.497 e. The molecule has 7 heteroatoms. The Bertz CT molecular complexity index is 991. The van der Waals surface area contributed by atoms with Crippen LogP contribution in [0.1, 0.15) is 27.0 Å². The predicted molar refractivity (Wildman–Crippen MR) is 113 cm³/mol. The van der Waals surface area contributed by atoms with Gasteiger partial charge in [-0.3, -0.25) is 4.79 Å². The van der Waals surface area contributed by atoms with Crippen LogP contribution in [0.15, 0.2) is 54.6 Å². The molecule has 3 rings (SSSR count). The zero-order valence-electron chi connectivity index (χ0n) is 16.4. The van der Waals surface area contributed by atoms with Crippen LogP contribution in [0, 0.1) is 0 Å². The lowest BCUT2D eigenvalue weighted by Crippen LogP contribution is -2.14. The van der Waals surface area contributed by atoms with Gasteiger partial charge in [0.2, 0.25) is 0 Å². The minimum absolute atomic E-state index is 0.248. The Morgan fingerprint density at radius 1 is 0.966 bits per heavy atom. The van der Waals surface area contributed by atoms with Crippen LogP contribution in [0.3, 0.4) is 0 Å². The largest absolute Gasteiger partial charge is 0.497 e. The van der Waals surface area contributed by atoms with E-state index in [1.807, 2.05) is 30.3 Å². The smallest absolute Gasteiger partial charge is 0.350 e. The second-order valence-corrected chi connectivity index (χ2v) is 7.05. The summed E-state index contributed by atoms with van der Waals surface area (Å²) >= 11 is 1.27. The van der Waals surface area contributed by atoms with Crippen LogP contribution in [-0.4, -0.2) is 32.7 Å². The topological polar surface area (TPSA) is 73.9 Å². The van der Waals surface area contributed by atoms with Crippen molar-refractivity contribution in [2.24, 2.45) is 0 Å². The zero-order valence-corrected chi connectivity index (χ0v) is 17.2. The van der Waals surface area contributed by atoms with Gasteiger partial charge < -0.3 is 19.5 Å². The average molecular weight is 411 g/mol. The number of ether oxygens (including phenoxy) is 3. The molecule has 0 saturated heterocycles. The van der Waals surface area contributed by atoms with E-state index in [0.717, 1.165) is 10.4 Å². The normalized spacial score (nSPS) is 10.3. The van der Waals surface area contributed by atoms with Crippen LogP contribution >= 0.6 is 11.3 Å². The molecule has 150 valence electrons. The maximum Gasteiger partial charge on any atom is 0.350 e. The Morgan fingerprint density at radius 3 is 2.21 bits per heavy atom. The van der Waals surface area contributed by atoms with E-state index in [1.54, 1.807) is 31.2 Å². The number of carbonyl (C=O) groups is 2. The van der Waals surface area contributed by atoms with Crippen molar-refractivity contribution >= 4 is 28.9 Å². The number of hydrogen-bond donors (Lipinski definition) is 1. The molecule has 0 spiro atoms. The van der Waals surface area contributed by atoms with Crippen LogP contribution in [0.25, 0.3) is 10.4 Å². The van der Waals surface area contributed by atoms with Crippen molar-refractivity contribution in [3.63, 3.8) is 0 Å². The fourth-order valence-corrected chi connectivity index (χ4v) is 3.72. The Kier molecular flexibility index (Phi) is 6.51. The second kappa shape index (κ2) is 9.25. The first-order valence-corrected chi connectivity index (χ1v) is 9.78. The molecule has 0 aliphatic rings. The summed E-state index contributed by atoms with van der Waals surface area (Å²) in [5, 5.41) is 2.82. The van der Waals surface area contributed by atoms with Crippen molar-refractivity contribution in [1.29, 1.82) is 0 Å². The van der Waals surface area contributed by atoms with E-state index in [4.69, 9.17) is 14.2 Å². The standard InChI is InChI=1S/C22H21NO5S/c1-4-28-22(25)20-18(13-19(29-20)14-8-6-5-7-9-14)23-21(24)15-10-16(26-2)12-17(11-15)27-3/h5-13H,4H2,1-3H3,(H,23,24). The highest BCUT2D eigenvalue weighted by Crippen LogP contribution is 2.36. The number of benzene rings is 2. The van der Waals surface area contributed by atoms with Crippen molar-refractivity contribution in [2.45, 2.75) is 6.92 Å². The van der Waals surface area contributed by atoms with Crippen molar-refractivity contribution in [3.8, 4) is 21.9 Å².